The molecule has 1 aliphatic rings. The summed E-state index contributed by atoms with van der Waals surface area (Å²) in [6.45, 7) is -2.38. The Labute approximate surface area is 126 Å². The molecule has 22 heavy (non-hydrogen) atoms. The molecule has 1 aromatic carbocycles. The fourth-order valence-electron chi connectivity index (χ4n) is 2.50. The first-order valence-electron chi connectivity index (χ1n) is 6.88. The lowest BCUT2D eigenvalue weighted by Crippen LogP contribution is -2.36. The maximum atomic E-state index is 12.5. The molecule has 7 heteroatoms. The zero-order valence-electron chi connectivity index (χ0n) is 11.9. The van der Waals surface area contributed by atoms with Crippen molar-refractivity contribution in [2.45, 2.75) is 19.1 Å². The highest BCUT2D eigenvalue weighted by Gasteiger charge is 2.26. The van der Waals surface area contributed by atoms with E-state index in [9.17, 15) is 13.6 Å². The number of nitrogens with zero attached hydrogens (tertiary/aromatic N) is 3. The number of alkyl halides is 2. The lowest BCUT2D eigenvalue weighted by molar-refractivity contribution is 0.0549. The number of carbonyl (C=O) groups excluding carboxylic acids is 1. The first-order valence-corrected chi connectivity index (χ1v) is 6.88. The van der Waals surface area contributed by atoms with E-state index in [-0.39, 0.29) is 11.8 Å². The van der Waals surface area contributed by atoms with Crippen LogP contribution in [0.1, 0.15) is 22.6 Å². The van der Waals surface area contributed by atoms with Crippen molar-refractivity contribution >= 4 is 5.91 Å². The van der Waals surface area contributed by atoms with Gasteiger partial charge in [0.2, 0.25) is 0 Å². The van der Waals surface area contributed by atoms with Crippen LogP contribution in [-0.2, 0) is 6.42 Å². The Morgan fingerprint density at radius 3 is 2.91 bits per heavy atom. The number of hydrogen-bond donors (Lipinski definition) is 0. The molecular formula is C15H15F2N3O2. The largest absolute Gasteiger partial charge is 0.488 e. The quantitative estimate of drug-likeness (QED) is 0.871. The van der Waals surface area contributed by atoms with Gasteiger partial charge in [0, 0.05) is 19.7 Å². The number of likely N-dealkylation sites (N-methyl/N-ethyl adjacent to an activating group) is 1. The van der Waals surface area contributed by atoms with Crippen LogP contribution < -0.4 is 4.74 Å². The van der Waals surface area contributed by atoms with Crippen LogP contribution in [0.15, 0.2) is 36.5 Å². The molecule has 5 nitrogen and oxygen atoms in total. The first-order chi connectivity index (χ1) is 10.5. The summed E-state index contributed by atoms with van der Waals surface area (Å²) in [5.74, 6) is 0.425. The molecular weight excluding hydrogens is 292 g/mol. The van der Waals surface area contributed by atoms with Crippen LogP contribution >= 0.6 is 0 Å². The van der Waals surface area contributed by atoms with Crippen LogP contribution in [0.2, 0.25) is 0 Å². The number of ether oxygens (including phenoxy) is 1. The molecule has 0 bridgehead atoms. The van der Waals surface area contributed by atoms with Gasteiger partial charge in [-0.25, -0.2) is 4.68 Å². The number of fused-ring (bicyclic) bond motifs is 1. The van der Waals surface area contributed by atoms with Gasteiger partial charge in [0.05, 0.1) is 6.54 Å². The van der Waals surface area contributed by atoms with E-state index in [1.807, 2.05) is 24.3 Å². The highest BCUT2D eigenvalue weighted by atomic mass is 19.3. The van der Waals surface area contributed by atoms with Gasteiger partial charge >= 0.3 is 6.55 Å². The van der Waals surface area contributed by atoms with Crippen LogP contribution in [0, 0.1) is 0 Å². The second-order valence-electron chi connectivity index (χ2n) is 5.20. The molecule has 116 valence electrons. The van der Waals surface area contributed by atoms with Crippen LogP contribution in [0.25, 0.3) is 0 Å². The van der Waals surface area contributed by atoms with E-state index in [1.165, 1.54) is 11.0 Å². The second-order valence-corrected chi connectivity index (χ2v) is 5.20. The number of aromatic nitrogens is 2. The molecule has 1 amide bonds. The maximum Gasteiger partial charge on any atom is 0.333 e. The summed E-state index contributed by atoms with van der Waals surface area (Å²) < 4.78 is 31.2. The molecule has 0 aliphatic carbocycles. The molecule has 0 saturated carbocycles. The molecule has 2 heterocycles. The lowest BCUT2D eigenvalue weighted by Gasteiger charge is -2.20. The lowest BCUT2D eigenvalue weighted by atomic mass is 10.1. The molecule has 2 aromatic rings. The molecule has 1 atom stereocenters. The first kappa shape index (κ1) is 14.5. The summed E-state index contributed by atoms with van der Waals surface area (Å²) in [5, 5.41) is 3.58. The second kappa shape index (κ2) is 5.75. The number of para-hydroxylation sites is 1. The maximum absolute atomic E-state index is 12.5. The van der Waals surface area contributed by atoms with E-state index in [2.05, 4.69) is 5.10 Å². The summed E-state index contributed by atoms with van der Waals surface area (Å²) in [6.07, 6.45) is 1.68. The van der Waals surface area contributed by atoms with Gasteiger partial charge in [0.1, 0.15) is 11.9 Å². The summed E-state index contributed by atoms with van der Waals surface area (Å²) in [7, 11) is 1.61. The van der Waals surface area contributed by atoms with Gasteiger partial charge in [0.15, 0.2) is 5.69 Å². The van der Waals surface area contributed by atoms with Crippen LogP contribution in [0.5, 0.6) is 5.75 Å². The minimum atomic E-state index is -2.75. The molecule has 0 unspecified atom stereocenters. The van der Waals surface area contributed by atoms with E-state index in [0.717, 1.165) is 23.9 Å². The van der Waals surface area contributed by atoms with Gasteiger partial charge in [-0.3, -0.25) is 4.79 Å². The summed E-state index contributed by atoms with van der Waals surface area (Å²) in [6, 6.07) is 9.00. The SMILES string of the molecule is CN(C[C@@H]1Cc2ccccc2O1)C(=O)c1ccn(C(F)F)n1. The molecule has 0 saturated heterocycles. The van der Waals surface area contributed by atoms with E-state index in [0.29, 0.717) is 11.2 Å². The molecule has 3 rings (SSSR count). The Hall–Kier alpha value is -2.44. The predicted octanol–water partition coefficient (Wildman–Crippen LogP) is 2.35. The third-order valence-electron chi connectivity index (χ3n) is 3.57. The standard InChI is InChI=1S/C15H15F2N3O2/c1-19(14(21)12-6-7-20(18-12)15(16)17)9-11-8-10-4-2-3-5-13(10)22-11/h2-7,11,15H,8-9H2,1H3/t11-/m0/s1. The minimum absolute atomic E-state index is 0.00156. The molecule has 0 N–H and O–H groups in total. The topological polar surface area (TPSA) is 47.4 Å². The Bertz CT molecular complexity index is 662. The van der Waals surface area contributed by atoms with Crippen molar-refractivity contribution in [3.63, 3.8) is 0 Å². The highest BCUT2D eigenvalue weighted by molar-refractivity contribution is 5.92. The average molecular weight is 307 g/mol. The van der Waals surface area contributed by atoms with Gasteiger partial charge in [-0.05, 0) is 17.7 Å². The van der Waals surface area contributed by atoms with Crippen molar-refractivity contribution in [1.29, 1.82) is 0 Å². The number of carbonyl (C=O) groups is 1. The summed E-state index contributed by atoms with van der Waals surface area (Å²) in [5.41, 5.74) is 1.11. The van der Waals surface area contributed by atoms with Gasteiger partial charge < -0.3 is 9.64 Å². The number of halogens is 2. The molecule has 0 spiro atoms. The van der Waals surface area contributed by atoms with E-state index >= 15 is 0 Å². The average Bonchev–Trinajstić information content (AvgIpc) is 3.12. The molecule has 0 fully saturated rings. The van der Waals surface area contributed by atoms with Crippen molar-refractivity contribution in [3.05, 3.63) is 47.8 Å². The Morgan fingerprint density at radius 2 is 2.23 bits per heavy atom. The normalized spacial score (nSPS) is 16.5. The van der Waals surface area contributed by atoms with Crippen LogP contribution in [0.3, 0.4) is 0 Å². The van der Waals surface area contributed by atoms with E-state index < -0.39 is 12.5 Å². The number of rotatable bonds is 4. The van der Waals surface area contributed by atoms with Crippen molar-refractivity contribution in [3.8, 4) is 5.75 Å². The number of amides is 1. The van der Waals surface area contributed by atoms with Crippen molar-refractivity contribution in [2.75, 3.05) is 13.6 Å². The fraction of sp³-hybridized carbons (Fsp3) is 0.333. The number of hydrogen-bond acceptors (Lipinski definition) is 3. The zero-order valence-corrected chi connectivity index (χ0v) is 11.9. The van der Waals surface area contributed by atoms with Crippen molar-refractivity contribution < 1.29 is 18.3 Å². The zero-order chi connectivity index (χ0) is 15.7. The van der Waals surface area contributed by atoms with Gasteiger partial charge in [-0.15, -0.1) is 0 Å². The number of benzene rings is 1. The van der Waals surface area contributed by atoms with Gasteiger partial charge in [-0.2, -0.15) is 13.9 Å². The Kier molecular flexibility index (Phi) is 3.79. The van der Waals surface area contributed by atoms with Gasteiger partial charge in [-0.1, -0.05) is 18.2 Å². The third-order valence-corrected chi connectivity index (χ3v) is 3.57. The summed E-state index contributed by atoms with van der Waals surface area (Å²) >= 11 is 0. The summed E-state index contributed by atoms with van der Waals surface area (Å²) in [4.78, 5) is 13.6. The Balaban J connectivity index is 1.62. The predicted molar refractivity (Wildman–Crippen MR) is 75.0 cm³/mol. The fourth-order valence-corrected chi connectivity index (χ4v) is 2.50. The van der Waals surface area contributed by atoms with Crippen LogP contribution in [-0.4, -0.2) is 40.3 Å². The monoisotopic (exact) mass is 307 g/mol. The van der Waals surface area contributed by atoms with Crippen LogP contribution in [0.4, 0.5) is 8.78 Å². The molecule has 0 radical (unpaired) electrons. The molecule has 1 aliphatic heterocycles. The van der Waals surface area contributed by atoms with Crippen molar-refractivity contribution in [2.24, 2.45) is 0 Å². The van der Waals surface area contributed by atoms with Gasteiger partial charge in [0.25, 0.3) is 5.91 Å². The molecule has 1 aromatic heterocycles. The highest BCUT2D eigenvalue weighted by Crippen LogP contribution is 2.28. The Morgan fingerprint density at radius 1 is 1.45 bits per heavy atom. The van der Waals surface area contributed by atoms with Crippen molar-refractivity contribution in [1.82, 2.24) is 14.7 Å². The minimum Gasteiger partial charge on any atom is -0.488 e. The van der Waals surface area contributed by atoms with E-state index in [4.69, 9.17) is 4.74 Å². The van der Waals surface area contributed by atoms with E-state index in [1.54, 1.807) is 7.05 Å². The third kappa shape index (κ3) is 2.79. The smallest absolute Gasteiger partial charge is 0.333 e.